The predicted molar refractivity (Wildman–Crippen MR) is 505 cm³/mol. The number of H-pyrrole nitrogens is 1. The van der Waals surface area contributed by atoms with Crippen molar-refractivity contribution in [1.82, 2.24) is 68.0 Å². The van der Waals surface area contributed by atoms with E-state index in [1.807, 2.05) is 89.2 Å². The maximum absolute atomic E-state index is 16.2. The average molecular weight is 1810 g/mol. The van der Waals surface area contributed by atoms with E-state index in [0.29, 0.717) is 87.6 Å². The number of hydrogen-bond acceptors (Lipinski definition) is 16. The molecule has 31 nitrogen and oxygen atoms in total. The number of ketones is 1. The summed E-state index contributed by atoms with van der Waals surface area (Å²) >= 11 is 0. The van der Waals surface area contributed by atoms with E-state index >= 15 is 33.6 Å². The third kappa shape index (κ3) is 42.4. The first-order valence-corrected chi connectivity index (χ1v) is 48.0. The summed E-state index contributed by atoms with van der Waals surface area (Å²) in [6, 6.07) is 15.5. The fraction of sp³-hybridized carbons (Fsp3) is 0.626. The van der Waals surface area contributed by atoms with Gasteiger partial charge in [0, 0.05) is 88.6 Å². The minimum Gasteiger partial charge on any atom is -0.391 e. The molecule has 2 aliphatic heterocycles. The van der Waals surface area contributed by atoms with Gasteiger partial charge < -0.3 is 85.4 Å². The standard InChI is InChI=1S/C99H153N17O14/c1-8-9-10-11-12-13-14-15-16-17-18-23-36-54-83(119)104-56-39-27-37-55-84(120)105-57-40-38-51-79-93(126)113-80(65-99(5,6)7)95(128)111-78(92(125)108-74(61-70-43-28-24-29-44-70)64-86(122)109-76(90(100)123)52-41-58-106-98(101)102)50-35-22-20-19-21-34-49-77(110-85(121)60-68(2)3)94(127)114-88(69(4)117)82(118)63-73(62-75-66-103-67-107-75)91(124)115-89(97(130)116-59-42-53-81(116)96(129)112-79)87(71-45-30-25-31-46-71)72-47-32-26-33-48-72/h19-20,24-26,28-33,43-48,66-69,73-74,76-81,87-89,117H,8-18,21-23,27,34-42,49-65H2,1-7H3,(H2,100,123)(H,103,107)(H,104,119)(H,105,120)(H,108,125)(H,109,122)(H,110,121)(H,111,128)(H,112,129)(H,113,126)(H,114,127)(H,115,124)(H4,101,102,106)/b20-19+/t69-,73-,74+,76-,77+,78+,79+,80+,81+,88+,89+/m1/s1. The smallest absolute Gasteiger partial charge is 0.246 e. The number of carbonyl (C=O) groups is 13. The van der Waals surface area contributed by atoms with E-state index in [9.17, 15) is 33.9 Å². The van der Waals surface area contributed by atoms with Gasteiger partial charge in [0.05, 0.1) is 18.3 Å². The molecule has 3 aromatic carbocycles. The van der Waals surface area contributed by atoms with Crippen molar-refractivity contribution >= 4 is 82.6 Å². The molecule has 11 atom stereocenters. The summed E-state index contributed by atoms with van der Waals surface area (Å²) in [5.41, 5.74) is 18.5. The Morgan fingerprint density at radius 3 is 1.69 bits per heavy atom. The molecule has 0 unspecified atom stereocenters. The number of carbonyl (C=O) groups excluding carboxylic acids is 13. The number of unbranched alkanes of at least 4 members (excludes halogenated alkanes) is 15. The number of nitrogens with two attached hydrogens (primary N) is 3. The van der Waals surface area contributed by atoms with Gasteiger partial charge in [-0.3, -0.25) is 67.3 Å². The molecule has 1 saturated heterocycles. The Morgan fingerprint density at radius 1 is 0.577 bits per heavy atom. The number of nitrogens with zero attached hydrogens (tertiary/aromatic N) is 3. The zero-order valence-corrected chi connectivity index (χ0v) is 78.3. The van der Waals surface area contributed by atoms with Crippen LogP contribution in [0, 0.1) is 17.3 Å². The number of nitrogens with one attached hydrogen (secondary N) is 11. The van der Waals surface area contributed by atoms with Gasteiger partial charge >= 0.3 is 0 Å². The Bertz CT molecular complexity index is 4120. The van der Waals surface area contributed by atoms with Gasteiger partial charge in [-0.05, 0) is 151 Å². The van der Waals surface area contributed by atoms with Crippen molar-refractivity contribution < 1.29 is 67.4 Å². The van der Waals surface area contributed by atoms with Crippen molar-refractivity contribution in [3.63, 3.8) is 0 Å². The Morgan fingerprint density at radius 2 is 1.13 bits per heavy atom. The molecule has 31 heteroatoms. The van der Waals surface area contributed by atoms with Crippen LogP contribution >= 0.6 is 0 Å². The number of aliphatic imine (C=N–C) groups is 1. The van der Waals surface area contributed by atoms with Crippen molar-refractivity contribution in [3.05, 3.63) is 138 Å². The minimum atomic E-state index is -1.60. The quantitative estimate of drug-likeness (QED) is 0.00846. The topological polar surface area (TPSA) is 485 Å². The lowest BCUT2D eigenvalue weighted by molar-refractivity contribution is -0.143. The van der Waals surface area contributed by atoms with Gasteiger partial charge in [-0.15, -0.1) is 0 Å². The van der Waals surface area contributed by atoms with Gasteiger partial charge in [-0.25, -0.2) is 4.98 Å². The molecule has 0 bridgehead atoms. The molecule has 6 rings (SSSR count). The number of Topliss-reactive ketones (excluding diaryl/α,β-unsaturated/α-hetero) is 1. The lowest BCUT2D eigenvalue weighted by Gasteiger charge is -2.35. The van der Waals surface area contributed by atoms with Crippen LogP contribution in [0.25, 0.3) is 0 Å². The third-order valence-electron chi connectivity index (χ3n) is 23.8. The zero-order valence-electron chi connectivity index (χ0n) is 78.3. The molecular formula is C99H153N17O14. The average Bonchev–Trinajstić information content (AvgIpc) is 1.38. The highest BCUT2D eigenvalue weighted by atomic mass is 16.3. The molecule has 1 fully saturated rings. The summed E-state index contributed by atoms with van der Waals surface area (Å²) in [5.74, 6) is -10.3. The summed E-state index contributed by atoms with van der Waals surface area (Å²) in [6.07, 6.45) is 26.0. The normalized spacial score (nSPS) is 20.2. The molecule has 3 heterocycles. The van der Waals surface area contributed by atoms with Crippen LogP contribution in [0.3, 0.4) is 0 Å². The number of fused-ring (bicyclic) bond motifs is 1. The first kappa shape index (κ1) is 108. The number of allylic oxidation sites excluding steroid dienone is 2. The van der Waals surface area contributed by atoms with Crippen molar-refractivity contribution in [2.24, 2.45) is 39.4 Å². The van der Waals surface area contributed by atoms with Gasteiger partial charge in [-0.2, -0.15) is 0 Å². The molecule has 12 amide bonds. The minimum absolute atomic E-state index is 0.0102. The molecule has 130 heavy (non-hydrogen) atoms. The second-order valence-electron chi connectivity index (χ2n) is 36.9. The first-order chi connectivity index (χ1) is 62.4. The summed E-state index contributed by atoms with van der Waals surface area (Å²) in [7, 11) is 0. The van der Waals surface area contributed by atoms with Crippen LogP contribution in [-0.4, -0.2) is 189 Å². The summed E-state index contributed by atoms with van der Waals surface area (Å²) in [5, 5.41) is 40.7. The fourth-order valence-electron chi connectivity index (χ4n) is 16.8. The van der Waals surface area contributed by atoms with Gasteiger partial charge in [0.1, 0.15) is 48.3 Å². The molecular weight excluding hydrogens is 1650 g/mol. The molecule has 4 aromatic rings. The Labute approximate surface area is 770 Å². The van der Waals surface area contributed by atoms with E-state index in [2.05, 4.69) is 75.1 Å². The molecule has 1 aromatic heterocycles. The summed E-state index contributed by atoms with van der Waals surface area (Å²) < 4.78 is 0. The highest BCUT2D eigenvalue weighted by Gasteiger charge is 2.45. The number of primary amides is 1. The van der Waals surface area contributed by atoms with Crippen LogP contribution in [0.2, 0.25) is 0 Å². The highest BCUT2D eigenvalue weighted by Crippen LogP contribution is 2.33. The third-order valence-corrected chi connectivity index (χ3v) is 23.8. The number of imidazole rings is 1. The van der Waals surface area contributed by atoms with Crippen molar-refractivity contribution in [1.29, 1.82) is 0 Å². The maximum Gasteiger partial charge on any atom is 0.246 e. The predicted octanol–water partition coefficient (Wildman–Crippen LogP) is 9.62. The fourth-order valence-corrected chi connectivity index (χ4v) is 16.8. The molecule has 0 spiro atoms. The van der Waals surface area contributed by atoms with E-state index < -0.39 is 149 Å². The molecule has 18 N–H and O–H groups in total. The van der Waals surface area contributed by atoms with E-state index in [1.54, 1.807) is 48.5 Å². The van der Waals surface area contributed by atoms with E-state index in [1.165, 1.54) is 88.6 Å². The van der Waals surface area contributed by atoms with Crippen LogP contribution < -0.4 is 70.4 Å². The lowest BCUT2D eigenvalue weighted by atomic mass is 9.83. The van der Waals surface area contributed by atoms with Crippen LogP contribution in [-0.2, 0) is 75.2 Å². The number of guanidine groups is 1. The van der Waals surface area contributed by atoms with Gasteiger partial charge in [0.15, 0.2) is 11.7 Å². The summed E-state index contributed by atoms with van der Waals surface area (Å²) in [6.45, 7) is 13.8. The molecule has 2 aliphatic rings. The zero-order chi connectivity index (χ0) is 94.6. The first-order valence-electron chi connectivity index (χ1n) is 48.0. The number of aliphatic hydroxyl groups excluding tert-OH is 1. The number of amides is 12. The SMILES string of the molecule is CCCCCCCCCCCCCCCC(=O)NCCCCCC(=O)NCCCC[C@@H]1NC(=O)[C@@H]2CCCN2C(=O)[C@H](C(c2ccccc2)c2ccccc2)NC(=O)[C@H](Cc2cnc[nH]2)CC(=O)[C@H]([C@@H](C)O)NC(=O)[C@@H](NC(=O)CC(C)C)CCC/C=C/CCC[C@@H](C(=O)N[C@H](CC(=O)N[C@H](CCCN=C(N)N)C(N)=O)Cc2ccccc2)NC(=O)[C@H](CC(C)(C)C)NC1=O. The van der Waals surface area contributed by atoms with Crippen LogP contribution in [0.1, 0.15) is 301 Å². The number of hydrogen-bond donors (Lipinski definition) is 15. The molecule has 0 saturated carbocycles. The van der Waals surface area contributed by atoms with Gasteiger partial charge in [0.25, 0.3) is 0 Å². The molecule has 0 aliphatic carbocycles. The number of aromatic amines is 1. The van der Waals surface area contributed by atoms with Crippen LogP contribution in [0.15, 0.2) is 121 Å². The largest absolute Gasteiger partial charge is 0.391 e. The van der Waals surface area contributed by atoms with Crippen molar-refractivity contribution in [2.75, 3.05) is 26.2 Å². The van der Waals surface area contributed by atoms with Gasteiger partial charge in [-0.1, -0.05) is 228 Å². The number of benzene rings is 3. The Kier molecular flexibility index (Phi) is 50.0. The Balaban J connectivity index is 1.33. The second-order valence-corrected chi connectivity index (χ2v) is 36.9. The number of aromatic nitrogens is 2. The monoisotopic (exact) mass is 1800 g/mol. The van der Waals surface area contributed by atoms with Crippen LogP contribution in [0.5, 0.6) is 0 Å². The van der Waals surface area contributed by atoms with E-state index in [0.717, 1.165) is 31.2 Å². The number of rotatable bonds is 47. The lowest BCUT2D eigenvalue weighted by Crippen LogP contribution is -2.60. The Hall–Kier alpha value is -10.9. The van der Waals surface area contributed by atoms with Crippen LogP contribution in [0.4, 0.5) is 0 Å². The van der Waals surface area contributed by atoms with E-state index in [4.69, 9.17) is 17.2 Å². The van der Waals surface area contributed by atoms with Gasteiger partial charge in [0.2, 0.25) is 70.9 Å². The maximum atomic E-state index is 16.2. The molecule has 718 valence electrons. The van der Waals surface area contributed by atoms with E-state index in [-0.39, 0.29) is 120 Å². The summed E-state index contributed by atoms with van der Waals surface area (Å²) in [4.78, 5) is 202. The highest BCUT2D eigenvalue weighted by molar-refractivity contribution is 5.99. The van der Waals surface area contributed by atoms with Crippen molar-refractivity contribution in [2.45, 2.75) is 352 Å². The molecule has 0 radical (unpaired) electrons. The second kappa shape index (κ2) is 60.2. The number of aliphatic hydroxyl groups is 1. The van der Waals surface area contributed by atoms with Crippen molar-refractivity contribution in [3.8, 4) is 0 Å².